The summed E-state index contributed by atoms with van der Waals surface area (Å²) in [6.45, 7) is 1.65. The summed E-state index contributed by atoms with van der Waals surface area (Å²) in [6.07, 6.45) is 1.96. The predicted molar refractivity (Wildman–Crippen MR) is 46.7 cm³/mol. The average molecular weight is 376 g/mol. The van der Waals surface area contributed by atoms with E-state index in [1.165, 1.54) is 0 Å². The van der Waals surface area contributed by atoms with Crippen LogP contribution in [-0.2, 0) is 13.7 Å². The van der Waals surface area contributed by atoms with Gasteiger partial charge in [0, 0.05) is 0 Å². The first-order valence-corrected chi connectivity index (χ1v) is 7.59. The Balaban J connectivity index is -0.000000327. The van der Waals surface area contributed by atoms with Crippen molar-refractivity contribution in [2.45, 2.75) is 31.8 Å². The maximum atomic E-state index is 10.9. The Bertz CT molecular complexity index is 284. The molecule has 0 spiro atoms. The summed E-state index contributed by atoms with van der Waals surface area (Å²) < 4.78 is 25.4. The van der Waals surface area contributed by atoms with Crippen LogP contribution in [0.15, 0.2) is 0 Å². The monoisotopic (exact) mass is 376 g/mol. The minimum Gasteiger partial charge on any atom is -0.809 e. The van der Waals surface area contributed by atoms with E-state index in [2.05, 4.69) is 4.52 Å². The first-order chi connectivity index (χ1) is 6.72. The molecule has 0 aromatic rings. The Morgan fingerprint density at radius 3 is 1.89 bits per heavy atom. The molecule has 0 amide bonds. The van der Waals surface area contributed by atoms with Crippen LogP contribution in [0.5, 0.6) is 0 Å². The van der Waals surface area contributed by atoms with Crippen molar-refractivity contribution in [3.05, 3.63) is 0 Å². The van der Waals surface area contributed by atoms with Gasteiger partial charge >= 0.3 is 154 Å². The molecule has 2 atom stereocenters. The quantitative estimate of drug-likeness (QED) is 0.265. The average Bonchev–Trinajstić information content (AvgIpc) is 2.10. The van der Waals surface area contributed by atoms with Crippen LogP contribution in [-0.4, -0.2) is 17.3 Å². The van der Waals surface area contributed by atoms with Crippen LogP contribution < -0.4 is 169 Å². The number of aliphatic hydroxyl groups excluding tert-OH is 1. The zero-order valence-corrected chi connectivity index (χ0v) is 22.4. The van der Waals surface area contributed by atoms with Crippen molar-refractivity contribution in [2.24, 2.45) is 0 Å². The van der Waals surface area contributed by atoms with E-state index in [0.29, 0.717) is 12.8 Å². The van der Waals surface area contributed by atoms with Gasteiger partial charge in [0.15, 0.2) is 7.60 Å². The molecule has 18 heavy (non-hydrogen) atoms. The Morgan fingerprint density at radius 2 is 1.56 bits per heavy atom. The van der Waals surface area contributed by atoms with Gasteiger partial charge in [-0.2, -0.15) is 0 Å². The first kappa shape index (κ1) is 31.0. The molecule has 92 valence electrons. The molecule has 2 unspecified atom stereocenters. The van der Waals surface area contributed by atoms with Crippen LogP contribution in [0.2, 0.25) is 0 Å². The zero-order chi connectivity index (χ0) is 12.1. The van der Waals surface area contributed by atoms with E-state index >= 15 is 0 Å². The molecule has 0 fully saturated rings. The summed E-state index contributed by atoms with van der Waals surface area (Å²) in [5, 5.41) is 8.68. The molecule has 0 aromatic carbocycles. The molecule has 0 saturated carbocycles. The zero-order valence-electron chi connectivity index (χ0n) is 11.2. The normalized spacial score (nSPS) is 15.4. The minimum absolute atomic E-state index is 0. The Morgan fingerprint density at radius 1 is 1.11 bits per heavy atom. The van der Waals surface area contributed by atoms with Crippen molar-refractivity contribution in [1.29, 1.82) is 0 Å². The smallest absolute Gasteiger partial charge is 0.809 e. The maximum absolute atomic E-state index is 10.9. The molecule has 0 radical (unpaired) electrons. The van der Waals surface area contributed by atoms with Crippen molar-refractivity contribution in [1.82, 2.24) is 0 Å². The fraction of sp³-hybridized carbons (Fsp3) is 1.00. The topological polar surface area (TPSA) is 133 Å². The van der Waals surface area contributed by atoms with E-state index in [1.807, 2.05) is 6.92 Å². The van der Waals surface area contributed by atoms with E-state index < -0.39 is 20.8 Å². The summed E-state index contributed by atoms with van der Waals surface area (Å²) in [6, 6.07) is 0. The summed E-state index contributed by atoms with van der Waals surface area (Å²) in [5.74, 6) is 0. The van der Waals surface area contributed by atoms with Crippen LogP contribution in [0.1, 0.15) is 26.2 Å². The summed E-state index contributed by atoms with van der Waals surface area (Å²) >= 11 is 0. The largest absolute Gasteiger partial charge is 1.00 e. The van der Waals surface area contributed by atoms with Gasteiger partial charge in [-0.3, -0.25) is 0 Å². The van der Waals surface area contributed by atoms with Gasteiger partial charge in [-0.15, -0.1) is 0 Å². The molecule has 0 aromatic heterocycles. The van der Waals surface area contributed by atoms with Gasteiger partial charge in [0.25, 0.3) is 0 Å². The molecule has 0 aliphatic heterocycles. The molecule has 7 nitrogen and oxygen atoms in total. The van der Waals surface area contributed by atoms with Gasteiger partial charge in [0.2, 0.25) is 0 Å². The van der Waals surface area contributed by atoms with Crippen LogP contribution in [0.3, 0.4) is 0 Å². The summed E-state index contributed by atoms with van der Waals surface area (Å²) in [4.78, 5) is 31.4. The van der Waals surface area contributed by atoms with Crippen molar-refractivity contribution < 1.29 is 188 Å². The molecule has 0 saturated heterocycles. The van der Waals surface area contributed by atoms with E-state index in [9.17, 15) is 23.8 Å². The molecule has 0 rings (SSSR count). The van der Waals surface area contributed by atoms with Gasteiger partial charge in [0.05, 0.1) is 6.61 Å². The predicted octanol–water partition coefficient (Wildman–Crippen LogP) is -10.1. The van der Waals surface area contributed by atoms with Crippen molar-refractivity contribution in [3.8, 4) is 0 Å². The van der Waals surface area contributed by atoms with Gasteiger partial charge in [0.1, 0.15) is 5.59 Å². The standard InChI is InChI=1S/C6H16O7P2.3K/c1-2-3-4-5-13-15(11,12)6(7)14(8,9)10;;;/h6-7H,2-5H2,1H3,(H,11,12)(H2,8,9,10);;;/q;3*+1/p-3. The van der Waals surface area contributed by atoms with E-state index in [-0.39, 0.29) is 161 Å². The second-order valence-corrected chi connectivity index (χ2v) is 6.77. The van der Waals surface area contributed by atoms with Gasteiger partial charge in [-0.1, -0.05) is 19.8 Å². The third-order valence-corrected chi connectivity index (χ3v) is 4.96. The van der Waals surface area contributed by atoms with Crippen LogP contribution in [0.4, 0.5) is 0 Å². The van der Waals surface area contributed by atoms with E-state index in [1.54, 1.807) is 0 Å². The van der Waals surface area contributed by atoms with E-state index in [0.717, 1.165) is 6.42 Å². The van der Waals surface area contributed by atoms with Crippen LogP contribution >= 0.6 is 15.2 Å². The molecule has 0 heterocycles. The fourth-order valence-corrected chi connectivity index (χ4v) is 2.89. The number of rotatable bonds is 7. The molecule has 1 N–H and O–H groups in total. The maximum Gasteiger partial charge on any atom is 1.00 e. The van der Waals surface area contributed by atoms with E-state index in [4.69, 9.17) is 5.11 Å². The van der Waals surface area contributed by atoms with Crippen molar-refractivity contribution in [2.75, 3.05) is 6.61 Å². The number of hydrogen-bond donors (Lipinski definition) is 1. The Labute approximate surface area is 235 Å². The van der Waals surface area contributed by atoms with Crippen LogP contribution in [0.25, 0.3) is 0 Å². The second-order valence-electron chi connectivity index (χ2n) is 2.97. The van der Waals surface area contributed by atoms with Crippen molar-refractivity contribution >= 4 is 15.2 Å². The van der Waals surface area contributed by atoms with Crippen molar-refractivity contribution in [3.63, 3.8) is 0 Å². The molecule has 0 aliphatic carbocycles. The molecule has 12 heteroatoms. The van der Waals surface area contributed by atoms with Gasteiger partial charge in [-0.25, -0.2) is 0 Å². The summed E-state index contributed by atoms with van der Waals surface area (Å²) in [5.41, 5.74) is -2.99. The number of hydrogen-bond acceptors (Lipinski definition) is 7. The third-order valence-electron chi connectivity index (χ3n) is 1.58. The summed E-state index contributed by atoms with van der Waals surface area (Å²) in [7, 11) is -10.6. The first-order valence-electron chi connectivity index (χ1n) is 4.37. The Hall–Kier alpha value is 5.17. The molecular formula is C6H13K3O7P2. The van der Waals surface area contributed by atoms with Gasteiger partial charge < -0.3 is 33.4 Å². The molecule has 0 aliphatic rings. The third kappa shape index (κ3) is 14.7. The second kappa shape index (κ2) is 15.7. The Kier molecular flexibility index (Phi) is 27.0. The molecule has 0 bridgehead atoms. The molecular weight excluding hydrogens is 363 g/mol. The fourth-order valence-electron chi connectivity index (χ4n) is 0.784. The number of unbranched alkanes of at least 4 members (excludes halogenated alkanes) is 2. The van der Waals surface area contributed by atoms with Gasteiger partial charge in [-0.05, 0) is 14.0 Å². The SMILES string of the molecule is CCCCCOP(=O)([O-])C(O)P(=O)([O-])[O-].[K+].[K+].[K+]. The number of aliphatic hydroxyl groups is 1. The minimum atomic E-state index is -5.58. The van der Waals surface area contributed by atoms with Crippen LogP contribution in [0, 0.1) is 0 Å².